The van der Waals surface area contributed by atoms with Gasteiger partial charge in [-0.2, -0.15) is 0 Å². The van der Waals surface area contributed by atoms with Gasteiger partial charge in [0.15, 0.2) is 0 Å². The highest BCUT2D eigenvalue weighted by molar-refractivity contribution is 5.94. The first-order valence-electron chi connectivity index (χ1n) is 7.57. The molecule has 0 fully saturated rings. The van der Waals surface area contributed by atoms with E-state index in [2.05, 4.69) is 10.3 Å². The van der Waals surface area contributed by atoms with Crippen molar-refractivity contribution in [3.05, 3.63) is 71.7 Å². The summed E-state index contributed by atoms with van der Waals surface area (Å²) < 4.78 is 17.7. The zero-order valence-electron chi connectivity index (χ0n) is 13.4. The van der Waals surface area contributed by atoms with E-state index < -0.39 is 0 Å². The van der Waals surface area contributed by atoms with Crippen LogP contribution in [-0.4, -0.2) is 24.0 Å². The number of aromatic nitrogens is 1. The molecule has 0 spiro atoms. The summed E-state index contributed by atoms with van der Waals surface area (Å²) in [6, 6.07) is 12.7. The number of hydrogen-bond donors (Lipinski definition) is 2. The Bertz CT molecular complexity index is 687. The number of pyridine rings is 1. The monoisotopic (exact) mass is 329 g/mol. The Hall–Kier alpha value is -2.73. The summed E-state index contributed by atoms with van der Waals surface area (Å²) in [5.41, 5.74) is 7.11. The molecular weight excluding hydrogens is 309 g/mol. The number of nitrogens with one attached hydrogen (secondary N) is 1. The van der Waals surface area contributed by atoms with Gasteiger partial charge >= 0.3 is 0 Å². The number of ether oxygens (including phenoxy) is 1. The molecule has 0 unspecified atom stereocenters. The van der Waals surface area contributed by atoms with Crippen molar-refractivity contribution in [2.45, 2.75) is 13.0 Å². The molecule has 2 aromatic rings. The summed E-state index contributed by atoms with van der Waals surface area (Å²) in [6.07, 6.45) is 1.84. The number of rotatable bonds is 7. The van der Waals surface area contributed by atoms with Gasteiger partial charge in [-0.05, 0) is 18.6 Å². The fraction of sp³-hybridized carbons (Fsp3) is 0.222. The number of nitrogens with two attached hydrogens (primary N) is 1. The third kappa shape index (κ3) is 4.89. The first-order valence-corrected chi connectivity index (χ1v) is 7.57. The van der Waals surface area contributed by atoms with Crippen LogP contribution in [0.4, 0.5) is 4.39 Å². The van der Waals surface area contributed by atoms with Gasteiger partial charge in [-0.25, -0.2) is 9.37 Å². The van der Waals surface area contributed by atoms with Crippen molar-refractivity contribution in [3.8, 4) is 5.88 Å². The fourth-order valence-electron chi connectivity index (χ4n) is 2.01. The maximum Gasteiger partial charge on any atom is 0.253 e. The maximum absolute atomic E-state index is 12.4. The molecule has 0 radical (unpaired) electrons. The van der Waals surface area contributed by atoms with Crippen LogP contribution in [0.1, 0.15) is 28.9 Å². The Morgan fingerprint density at radius 1 is 1.33 bits per heavy atom. The second-order valence-electron chi connectivity index (χ2n) is 5.25. The van der Waals surface area contributed by atoms with Gasteiger partial charge in [-0.3, -0.25) is 4.79 Å². The minimum absolute atomic E-state index is 0.0244. The molecular formula is C18H20FN3O2. The van der Waals surface area contributed by atoms with Crippen LogP contribution >= 0.6 is 0 Å². The van der Waals surface area contributed by atoms with E-state index in [1.807, 2.05) is 37.3 Å². The van der Waals surface area contributed by atoms with Gasteiger partial charge in [0.05, 0.1) is 17.9 Å². The number of carbonyl (C=O) groups is 1. The summed E-state index contributed by atoms with van der Waals surface area (Å²) in [7, 11) is 0. The molecule has 0 bridgehead atoms. The average Bonchev–Trinajstić information content (AvgIpc) is 2.63. The molecule has 1 aromatic heterocycles. The van der Waals surface area contributed by atoms with Crippen molar-refractivity contribution in [1.82, 2.24) is 10.3 Å². The number of halogens is 1. The molecule has 1 heterocycles. The van der Waals surface area contributed by atoms with Crippen LogP contribution in [0, 0.1) is 0 Å². The van der Waals surface area contributed by atoms with Crippen LogP contribution in [0.25, 0.3) is 0 Å². The smallest absolute Gasteiger partial charge is 0.253 e. The number of nitrogens with zero attached hydrogens (tertiary/aromatic N) is 1. The van der Waals surface area contributed by atoms with E-state index in [9.17, 15) is 9.18 Å². The van der Waals surface area contributed by atoms with E-state index in [0.717, 1.165) is 5.56 Å². The van der Waals surface area contributed by atoms with Gasteiger partial charge in [0.1, 0.15) is 6.61 Å². The van der Waals surface area contributed by atoms with Crippen LogP contribution in [-0.2, 0) is 0 Å². The van der Waals surface area contributed by atoms with Gasteiger partial charge in [-0.1, -0.05) is 30.3 Å². The van der Waals surface area contributed by atoms with E-state index in [-0.39, 0.29) is 25.1 Å². The highest BCUT2D eigenvalue weighted by atomic mass is 19.1. The van der Waals surface area contributed by atoms with Crippen molar-refractivity contribution in [2.24, 2.45) is 5.73 Å². The number of amides is 1. The molecule has 6 heteroatoms. The minimum atomic E-state index is -0.225. The minimum Gasteiger partial charge on any atom is -0.473 e. The number of benzene rings is 1. The van der Waals surface area contributed by atoms with Crippen LogP contribution in [0.3, 0.4) is 0 Å². The van der Waals surface area contributed by atoms with Crippen molar-refractivity contribution in [1.29, 1.82) is 0 Å². The fourth-order valence-corrected chi connectivity index (χ4v) is 2.01. The molecule has 0 saturated heterocycles. The Kier molecular flexibility index (Phi) is 6.45. The van der Waals surface area contributed by atoms with Gasteiger partial charge in [-0.15, -0.1) is 0 Å². The Morgan fingerprint density at radius 2 is 2.08 bits per heavy atom. The SMILES string of the molecule is C[C@@H](NC(=O)c1ccc(OC/C(=C/F)CN)nc1)c1ccccc1. The largest absolute Gasteiger partial charge is 0.473 e. The topological polar surface area (TPSA) is 77.2 Å². The summed E-state index contributed by atoms with van der Waals surface area (Å²) in [6.45, 7) is 2.01. The summed E-state index contributed by atoms with van der Waals surface area (Å²) in [4.78, 5) is 16.3. The Labute approximate surface area is 140 Å². The quantitative estimate of drug-likeness (QED) is 0.819. The van der Waals surface area contributed by atoms with Gasteiger partial charge < -0.3 is 15.8 Å². The summed E-state index contributed by atoms with van der Waals surface area (Å²) in [5.74, 6) is 0.0761. The lowest BCUT2D eigenvalue weighted by molar-refractivity contribution is 0.0939. The van der Waals surface area contributed by atoms with Crippen LogP contribution in [0.5, 0.6) is 5.88 Å². The van der Waals surface area contributed by atoms with Crippen LogP contribution < -0.4 is 15.8 Å². The lowest BCUT2D eigenvalue weighted by Crippen LogP contribution is -2.26. The molecule has 2 rings (SSSR count). The number of hydrogen-bond acceptors (Lipinski definition) is 4. The highest BCUT2D eigenvalue weighted by Crippen LogP contribution is 2.13. The van der Waals surface area contributed by atoms with Gasteiger partial charge in [0.25, 0.3) is 5.91 Å². The molecule has 126 valence electrons. The third-order valence-corrected chi connectivity index (χ3v) is 3.47. The van der Waals surface area contributed by atoms with E-state index in [0.29, 0.717) is 23.3 Å². The van der Waals surface area contributed by atoms with Crippen molar-refractivity contribution < 1.29 is 13.9 Å². The van der Waals surface area contributed by atoms with E-state index in [1.54, 1.807) is 12.1 Å². The summed E-state index contributed by atoms with van der Waals surface area (Å²) >= 11 is 0. The van der Waals surface area contributed by atoms with Gasteiger partial charge in [0, 0.05) is 24.4 Å². The molecule has 5 nitrogen and oxygen atoms in total. The molecule has 1 atom stereocenters. The molecule has 3 N–H and O–H groups in total. The predicted molar refractivity (Wildman–Crippen MR) is 90.3 cm³/mol. The lowest BCUT2D eigenvalue weighted by atomic mass is 10.1. The van der Waals surface area contributed by atoms with E-state index in [4.69, 9.17) is 10.5 Å². The predicted octanol–water partition coefficient (Wildman–Crippen LogP) is 2.76. The Morgan fingerprint density at radius 3 is 2.67 bits per heavy atom. The first kappa shape index (κ1) is 17.6. The van der Waals surface area contributed by atoms with Gasteiger partial charge in [0.2, 0.25) is 5.88 Å². The molecule has 1 aromatic carbocycles. The van der Waals surface area contributed by atoms with Crippen molar-refractivity contribution in [2.75, 3.05) is 13.2 Å². The second-order valence-corrected chi connectivity index (χ2v) is 5.25. The number of carbonyl (C=O) groups excluding carboxylic acids is 1. The van der Waals surface area contributed by atoms with Crippen molar-refractivity contribution >= 4 is 5.91 Å². The average molecular weight is 329 g/mol. The van der Waals surface area contributed by atoms with Crippen LogP contribution in [0.2, 0.25) is 0 Å². The molecule has 0 aliphatic rings. The first-order chi connectivity index (χ1) is 11.6. The molecule has 24 heavy (non-hydrogen) atoms. The van der Waals surface area contributed by atoms with E-state index >= 15 is 0 Å². The highest BCUT2D eigenvalue weighted by Gasteiger charge is 2.11. The zero-order valence-corrected chi connectivity index (χ0v) is 13.4. The summed E-state index contributed by atoms with van der Waals surface area (Å²) in [5, 5.41) is 2.91. The van der Waals surface area contributed by atoms with Crippen LogP contribution in [0.15, 0.2) is 60.6 Å². The van der Waals surface area contributed by atoms with Crippen molar-refractivity contribution in [3.63, 3.8) is 0 Å². The van der Waals surface area contributed by atoms with E-state index in [1.165, 1.54) is 6.20 Å². The zero-order chi connectivity index (χ0) is 17.4. The molecule has 0 aliphatic heterocycles. The standard InChI is InChI=1S/C18H20FN3O2/c1-13(15-5-3-2-4-6-15)22-18(23)16-7-8-17(21-11-16)24-12-14(9-19)10-20/h2-9,11,13H,10,12,20H2,1H3,(H,22,23)/b14-9+/t13-/m1/s1. The Balaban J connectivity index is 1.93. The normalized spacial score (nSPS) is 12.5. The molecule has 1 amide bonds. The maximum atomic E-state index is 12.4. The lowest BCUT2D eigenvalue weighted by Gasteiger charge is -2.14. The third-order valence-electron chi connectivity index (χ3n) is 3.47. The molecule has 0 saturated carbocycles. The molecule has 0 aliphatic carbocycles. The second kappa shape index (κ2) is 8.79.